The summed E-state index contributed by atoms with van der Waals surface area (Å²) in [6.45, 7) is 3.98. The molecule has 4 nitrogen and oxygen atoms in total. The Labute approximate surface area is 138 Å². The lowest BCUT2D eigenvalue weighted by Gasteiger charge is -2.42. The molecule has 2 aromatic rings. The maximum atomic E-state index is 5.51. The van der Waals surface area contributed by atoms with Crippen LogP contribution >= 0.6 is 0 Å². The van der Waals surface area contributed by atoms with E-state index in [0.717, 1.165) is 51.3 Å². The van der Waals surface area contributed by atoms with E-state index in [1.807, 2.05) is 12.1 Å². The molecule has 0 saturated carbocycles. The summed E-state index contributed by atoms with van der Waals surface area (Å²) < 4.78 is 10.9. The van der Waals surface area contributed by atoms with E-state index in [2.05, 4.69) is 40.5 Å². The predicted molar refractivity (Wildman–Crippen MR) is 92.8 cm³/mol. The van der Waals surface area contributed by atoms with Gasteiger partial charge in [-0.1, -0.05) is 18.2 Å². The summed E-state index contributed by atoms with van der Waals surface area (Å²) in [5.41, 5.74) is 1.21. The predicted octanol–water partition coefficient (Wildman–Crippen LogP) is 3.42. The first kappa shape index (κ1) is 16.1. The van der Waals surface area contributed by atoms with E-state index in [-0.39, 0.29) is 5.54 Å². The molecule has 0 aliphatic carbocycles. The first-order valence-electron chi connectivity index (χ1n) is 8.37. The van der Waals surface area contributed by atoms with Crippen LogP contribution in [0.5, 0.6) is 0 Å². The lowest BCUT2D eigenvalue weighted by molar-refractivity contribution is 0.0886. The summed E-state index contributed by atoms with van der Waals surface area (Å²) in [4.78, 5) is 2.52. The zero-order valence-electron chi connectivity index (χ0n) is 13.8. The van der Waals surface area contributed by atoms with Crippen LogP contribution in [0.1, 0.15) is 18.6 Å². The average Bonchev–Trinajstić information content (AvgIpc) is 3.09. The van der Waals surface area contributed by atoms with Crippen molar-refractivity contribution in [2.24, 2.45) is 0 Å². The Hall–Kier alpha value is -1.78. The van der Waals surface area contributed by atoms with Gasteiger partial charge in [0.15, 0.2) is 0 Å². The van der Waals surface area contributed by atoms with Crippen molar-refractivity contribution in [2.45, 2.75) is 24.8 Å². The van der Waals surface area contributed by atoms with Gasteiger partial charge in [-0.05, 0) is 37.1 Å². The van der Waals surface area contributed by atoms with E-state index in [0.29, 0.717) is 0 Å². The molecule has 0 amide bonds. The van der Waals surface area contributed by atoms with Gasteiger partial charge in [0.2, 0.25) is 0 Å². The summed E-state index contributed by atoms with van der Waals surface area (Å²) in [7, 11) is 1.79. The van der Waals surface area contributed by atoms with Crippen LogP contribution in [0.2, 0.25) is 0 Å². The van der Waals surface area contributed by atoms with Gasteiger partial charge in [0.05, 0.1) is 18.4 Å². The van der Waals surface area contributed by atoms with E-state index in [4.69, 9.17) is 9.15 Å². The molecule has 1 aliphatic rings. The molecule has 124 valence electrons. The third kappa shape index (κ3) is 4.36. The van der Waals surface area contributed by atoms with Crippen LogP contribution in [0.25, 0.3) is 0 Å². The lowest BCUT2D eigenvalue weighted by Crippen LogP contribution is -2.52. The van der Waals surface area contributed by atoms with Gasteiger partial charge in [-0.3, -0.25) is 0 Å². The number of hydrogen-bond acceptors (Lipinski definition) is 4. The normalized spacial score (nSPS) is 18.0. The van der Waals surface area contributed by atoms with Gasteiger partial charge < -0.3 is 19.4 Å². The van der Waals surface area contributed by atoms with Crippen molar-refractivity contribution in [1.82, 2.24) is 4.90 Å². The SMILES string of the molecule is COCC1(Nc2ccccc2)CCN(CCc2ccco2)CC1. The molecule has 1 N–H and O–H groups in total. The minimum Gasteiger partial charge on any atom is -0.469 e. The first-order chi connectivity index (χ1) is 11.3. The van der Waals surface area contributed by atoms with Gasteiger partial charge in [0, 0.05) is 38.9 Å². The molecule has 0 atom stereocenters. The molecule has 3 rings (SSSR count). The summed E-state index contributed by atoms with van der Waals surface area (Å²) in [5, 5.41) is 3.72. The first-order valence-corrected chi connectivity index (χ1v) is 8.37. The molecule has 23 heavy (non-hydrogen) atoms. The zero-order valence-corrected chi connectivity index (χ0v) is 13.8. The number of likely N-dealkylation sites (tertiary alicyclic amines) is 1. The molecule has 1 fully saturated rings. The summed E-state index contributed by atoms with van der Waals surface area (Å²) in [6, 6.07) is 14.4. The van der Waals surface area contributed by atoms with Crippen molar-refractivity contribution in [1.29, 1.82) is 0 Å². The van der Waals surface area contributed by atoms with E-state index in [1.54, 1.807) is 13.4 Å². The van der Waals surface area contributed by atoms with Crippen molar-refractivity contribution in [3.8, 4) is 0 Å². The van der Waals surface area contributed by atoms with E-state index in [1.165, 1.54) is 5.69 Å². The standard InChI is InChI=1S/C19H26N2O2/c1-22-16-19(20-17-6-3-2-4-7-17)10-13-21(14-11-19)12-9-18-8-5-15-23-18/h2-8,15,20H,9-14,16H2,1H3. The molecule has 0 bridgehead atoms. The Kier molecular flexibility index (Phi) is 5.36. The third-order valence-corrected chi connectivity index (χ3v) is 4.67. The fourth-order valence-corrected chi connectivity index (χ4v) is 3.34. The Balaban J connectivity index is 1.54. The monoisotopic (exact) mass is 314 g/mol. The second kappa shape index (κ2) is 7.66. The van der Waals surface area contributed by atoms with E-state index >= 15 is 0 Å². The molecular weight excluding hydrogens is 288 g/mol. The van der Waals surface area contributed by atoms with Crippen molar-refractivity contribution in [2.75, 3.05) is 38.7 Å². The smallest absolute Gasteiger partial charge is 0.105 e. The van der Waals surface area contributed by atoms with Crippen LogP contribution in [0.4, 0.5) is 5.69 Å². The molecule has 1 aromatic carbocycles. The fraction of sp³-hybridized carbons (Fsp3) is 0.474. The number of hydrogen-bond donors (Lipinski definition) is 1. The number of furan rings is 1. The maximum absolute atomic E-state index is 5.51. The second-order valence-corrected chi connectivity index (χ2v) is 6.38. The zero-order chi connectivity index (χ0) is 16.0. The number of para-hydroxylation sites is 1. The Morgan fingerprint density at radius 1 is 1.13 bits per heavy atom. The number of rotatable bonds is 7. The van der Waals surface area contributed by atoms with Crippen LogP contribution in [0.15, 0.2) is 53.1 Å². The largest absolute Gasteiger partial charge is 0.469 e. The van der Waals surface area contributed by atoms with Crippen LogP contribution in [0, 0.1) is 0 Å². The third-order valence-electron chi connectivity index (χ3n) is 4.67. The molecule has 2 heterocycles. The van der Waals surface area contributed by atoms with Gasteiger partial charge in [-0.15, -0.1) is 0 Å². The molecule has 0 spiro atoms. The fourth-order valence-electron chi connectivity index (χ4n) is 3.34. The number of ether oxygens (including phenoxy) is 1. The highest BCUT2D eigenvalue weighted by Crippen LogP contribution is 2.27. The molecule has 0 radical (unpaired) electrons. The maximum Gasteiger partial charge on any atom is 0.105 e. The van der Waals surface area contributed by atoms with E-state index < -0.39 is 0 Å². The van der Waals surface area contributed by atoms with Crippen LogP contribution in [-0.2, 0) is 11.2 Å². The minimum absolute atomic E-state index is 0.0390. The molecule has 1 saturated heterocycles. The van der Waals surface area contributed by atoms with Gasteiger partial charge in [-0.25, -0.2) is 0 Å². The Morgan fingerprint density at radius 3 is 2.57 bits per heavy atom. The van der Waals surface area contributed by atoms with Crippen LogP contribution in [-0.4, -0.2) is 43.8 Å². The Bertz CT molecular complexity index is 560. The summed E-state index contributed by atoms with van der Waals surface area (Å²) in [5.74, 6) is 1.07. The number of piperidine rings is 1. The highest BCUT2D eigenvalue weighted by molar-refractivity contribution is 5.45. The number of nitrogens with one attached hydrogen (secondary N) is 1. The van der Waals surface area contributed by atoms with Gasteiger partial charge >= 0.3 is 0 Å². The molecular formula is C19H26N2O2. The van der Waals surface area contributed by atoms with Gasteiger partial charge in [0.25, 0.3) is 0 Å². The van der Waals surface area contributed by atoms with Crippen molar-refractivity contribution >= 4 is 5.69 Å². The lowest BCUT2D eigenvalue weighted by atomic mass is 9.87. The average molecular weight is 314 g/mol. The topological polar surface area (TPSA) is 37.6 Å². The van der Waals surface area contributed by atoms with Crippen molar-refractivity contribution < 1.29 is 9.15 Å². The summed E-state index contributed by atoms with van der Waals surface area (Å²) >= 11 is 0. The molecule has 1 aliphatic heterocycles. The van der Waals surface area contributed by atoms with Gasteiger partial charge in [-0.2, -0.15) is 0 Å². The van der Waals surface area contributed by atoms with E-state index in [9.17, 15) is 0 Å². The second-order valence-electron chi connectivity index (χ2n) is 6.38. The number of methoxy groups -OCH3 is 1. The van der Waals surface area contributed by atoms with Crippen LogP contribution < -0.4 is 5.32 Å². The van der Waals surface area contributed by atoms with Crippen LogP contribution in [0.3, 0.4) is 0 Å². The molecule has 1 aromatic heterocycles. The highest BCUT2D eigenvalue weighted by Gasteiger charge is 2.34. The quantitative estimate of drug-likeness (QED) is 0.850. The number of nitrogens with zero attached hydrogens (tertiary/aromatic N) is 1. The highest BCUT2D eigenvalue weighted by atomic mass is 16.5. The summed E-state index contributed by atoms with van der Waals surface area (Å²) in [6.07, 6.45) is 4.91. The van der Waals surface area contributed by atoms with Crippen molar-refractivity contribution in [3.05, 3.63) is 54.5 Å². The number of anilines is 1. The number of benzene rings is 1. The van der Waals surface area contributed by atoms with Crippen molar-refractivity contribution in [3.63, 3.8) is 0 Å². The molecule has 4 heteroatoms. The minimum atomic E-state index is 0.0390. The van der Waals surface area contributed by atoms with Gasteiger partial charge in [0.1, 0.15) is 5.76 Å². The molecule has 0 unspecified atom stereocenters. The Morgan fingerprint density at radius 2 is 1.91 bits per heavy atom.